The lowest BCUT2D eigenvalue weighted by molar-refractivity contribution is 0.580. The lowest BCUT2D eigenvalue weighted by Gasteiger charge is -2.08. The molecule has 0 aliphatic heterocycles. The molecule has 3 heterocycles. The molecule has 0 fully saturated rings. The predicted octanol–water partition coefficient (Wildman–Crippen LogP) is 2.25. The summed E-state index contributed by atoms with van der Waals surface area (Å²) in [5.74, 6) is 0.622. The van der Waals surface area contributed by atoms with Crippen molar-refractivity contribution in [2.45, 2.75) is 0 Å². The highest BCUT2D eigenvalue weighted by Gasteiger charge is 2.16. The zero-order valence-corrected chi connectivity index (χ0v) is 10.3. The summed E-state index contributed by atoms with van der Waals surface area (Å²) in [4.78, 5) is 12.5. The van der Waals surface area contributed by atoms with E-state index >= 15 is 0 Å². The predicted molar refractivity (Wildman–Crippen MR) is 72.1 cm³/mol. The standard InChI is InChI=1S/C14H9N5O/c15-8-10-14(16)19-13(11-2-1-7-20-11)12(18-10)9-3-5-17-6-4-9/h1-7H,(H2,16,19). The summed E-state index contributed by atoms with van der Waals surface area (Å²) in [7, 11) is 0. The van der Waals surface area contributed by atoms with Crippen LogP contribution in [0.25, 0.3) is 22.7 Å². The van der Waals surface area contributed by atoms with Gasteiger partial charge in [-0.25, -0.2) is 9.97 Å². The maximum atomic E-state index is 9.04. The molecule has 2 N–H and O–H groups in total. The van der Waals surface area contributed by atoms with Gasteiger partial charge in [0.15, 0.2) is 17.3 Å². The van der Waals surface area contributed by atoms with Crippen LogP contribution in [-0.4, -0.2) is 15.0 Å². The van der Waals surface area contributed by atoms with Gasteiger partial charge in [0.05, 0.1) is 6.26 Å². The molecule has 96 valence electrons. The maximum Gasteiger partial charge on any atom is 0.183 e. The average molecular weight is 263 g/mol. The van der Waals surface area contributed by atoms with Crippen molar-refractivity contribution in [3.63, 3.8) is 0 Å². The van der Waals surface area contributed by atoms with E-state index in [1.165, 1.54) is 0 Å². The van der Waals surface area contributed by atoms with Gasteiger partial charge in [-0.05, 0) is 24.3 Å². The molecule has 3 aromatic rings. The van der Waals surface area contributed by atoms with E-state index in [0.717, 1.165) is 5.56 Å². The Hall–Kier alpha value is -3.20. The lowest BCUT2D eigenvalue weighted by Crippen LogP contribution is -2.02. The summed E-state index contributed by atoms with van der Waals surface area (Å²) in [6, 6.07) is 9.02. The van der Waals surface area contributed by atoms with Gasteiger partial charge in [-0.15, -0.1) is 0 Å². The van der Waals surface area contributed by atoms with Gasteiger partial charge in [-0.3, -0.25) is 4.98 Å². The summed E-state index contributed by atoms with van der Waals surface area (Å²) in [6.07, 6.45) is 4.83. The molecule has 0 aliphatic rings. The topological polar surface area (TPSA) is 102 Å². The summed E-state index contributed by atoms with van der Waals surface area (Å²) in [5, 5.41) is 9.04. The number of furan rings is 1. The highest BCUT2D eigenvalue weighted by molar-refractivity contribution is 5.77. The van der Waals surface area contributed by atoms with Crippen LogP contribution in [0, 0.1) is 11.3 Å². The van der Waals surface area contributed by atoms with Crippen LogP contribution in [0.2, 0.25) is 0 Å². The minimum Gasteiger partial charge on any atom is -0.463 e. The molecule has 0 aliphatic carbocycles. The minimum absolute atomic E-state index is 0.0803. The third-order valence-electron chi connectivity index (χ3n) is 2.74. The second kappa shape index (κ2) is 4.82. The third-order valence-corrected chi connectivity index (χ3v) is 2.74. The summed E-state index contributed by atoms with van der Waals surface area (Å²) >= 11 is 0. The van der Waals surface area contributed by atoms with Gasteiger partial charge < -0.3 is 10.2 Å². The first-order valence-electron chi connectivity index (χ1n) is 5.81. The van der Waals surface area contributed by atoms with E-state index in [1.54, 1.807) is 42.9 Å². The Morgan fingerprint density at radius 1 is 1.10 bits per heavy atom. The molecular formula is C14H9N5O. The van der Waals surface area contributed by atoms with Crippen molar-refractivity contribution in [2.75, 3.05) is 5.73 Å². The Labute approximate surface area is 114 Å². The van der Waals surface area contributed by atoms with Crippen LogP contribution in [-0.2, 0) is 0 Å². The number of anilines is 1. The molecule has 0 spiro atoms. The van der Waals surface area contributed by atoms with Crippen LogP contribution in [0.3, 0.4) is 0 Å². The number of aromatic nitrogens is 3. The number of nitrogens with zero attached hydrogens (tertiary/aromatic N) is 4. The first-order chi connectivity index (χ1) is 9.79. The Morgan fingerprint density at radius 3 is 2.55 bits per heavy atom. The average Bonchev–Trinajstić information content (AvgIpc) is 3.02. The molecule has 0 saturated heterocycles. The second-order valence-electron chi connectivity index (χ2n) is 3.98. The normalized spacial score (nSPS) is 10.2. The number of hydrogen-bond acceptors (Lipinski definition) is 6. The second-order valence-corrected chi connectivity index (χ2v) is 3.98. The minimum atomic E-state index is 0.0803. The van der Waals surface area contributed by atoms with Crippen molar-refractivity contribution in [3.8, 4) is 28.8 Å². The fourth-order valence-corrected chi connectivity index (χ4v) is 1.83. The van der Waals surface area contributed by atoms with Gasteiger partial charge in [0.25, 0.3) is 0 Å². The number of pyridine rings is 1. The monoisotopic (exact) mass is 263 g/mol. The number of nitriles is 1. The zero-order chi connectivity index (χ0) is 13.9. The van der Waals surface area contributed by atoms with E-state index in [-0.39, 0.29) is 11.5 Å². The number of rotatable bonds is 2. The molecule has 3 rings (SSSR count). The number of nitrogen functional groups attached to an aromatic ring is 1. The molecule has 0 unspecified atom stereocenters. The molecule has 0 saturated carbocycles. The van der Waals surface area contributed by atoms with Gasteiger partial charge in [-0.1, -0.05) is 0 Å². The molecule has 0 bridgehead atoms. The van der Waals surface area contributed by atoms with Gasteiger partial charge in [0, 0.05) is 18.0 Å². The molecule has 3 aromatic heterocycles. The molecular weight excluding hydrogens is 254 g/mol. The van der Waals surface area contributed by atoms with Gasteiger partial charge in [-0.2, -0.15) is 5.26 Å². The van der Waals surface area contributed by atoms with Gasteiger partial charge in [0.1, 0.15) is 17.5 Å². The van der Waals surface area contributed by atoms with E-state index in [0.29, 0.717) is 17.1 Å². The molecule has 0 radical (unpaired) electrons. The lowest BCUT2D eigenvalue weighted by atomic mass is 10.1. The Morgan fingerprint density at radius 2 is 1.90 bits per heavy atom. The van der Waals surface area contributed by atoms with Crippen LogP contribution < -0.4 is 5.73 Å². The molecule has 0 aromatic carbocycles. The smallest absolute Gasteiger partial charge is 0.183 e. The maximum absolute atomic E-state index is 9.04. The largest absolute Gasteiger partial charge is 0.463 e. The van der Waals surface area contributed by atoms with Crippen LogP contribution in [0.15, 0.2) is 47.3 Å². The van der Waals surface area contributed by atoms with E-state index in [2.05, 4.69) is 15.0 Å². The first kappa shape index (κ1) is 11.9. The van der Waals surface area contributed by atoms with Crippen molar-refractivity contribution >= 4 is 5.82 Å². The van der Waals surface area contributed by atoms with E-state index in [1.807, 2.05) is 6.07 Å². The Bertz CT molecular complexity index is 775. The quantitative estimate of drug-likeness (QED) is 0.760. The van der Waals surface area contributed by atoms with Crippen molar-refractivity contribution in [3.05, 3.63) is 48.6 Å². The summed E-state index contributed by atoms with van der Waals surface area (Å²) < 4.78 is 5.35. The molecule has 6 nitrogen and oxygen atoms in total. The molecule has 0 atom stereocenters. The van der Waals surface area contributed by atoms with Gasteiger partial charge >= 0.3 is 0 Å². The van der Waals surface area contributed by atoms with Crippen molar-refractivity contribution in [1.29, 1.82) is 5.26 Å². The van der Waals surface area contributed by atoms with Crippen molar-refractivity contribution in [1.82, 2.24) is 15.0 Å². The SMILES string of the molecule is N#Cc1nc(-c2ccncc2)c(-c2ccco2)nc1N. The summed E-state index contributed by atoms with van der Waals surface area (Å²) in [5.41, 5.74) is 7.65. The van der Waals surface area contributed by atoms with E-state index < -0.39 is 0 Å². The van der Waals surface area contributed by atoms with Crippen LogP contribution in [0.5, 0.6) is 0 Å². The highest BCUT2D eigenvalue weighted by Crippen LogP contribution is 2.30. The van der Waals surface area contributed by atoms with Gasteiger partial charge in [0.2, 0.25) is 0 Å². The van der Waals surface area contributed by atoms with E-state index in [4.69, 9.17) is 15.4 Å². The van der Waals surface area contributed by atoms with Crippen LogP contribution in [0.1, 0.15) is 5.69 Å². The first-order valence-corrected chi connectivity index (χ1v) is 5.81. The van der Waals surface area contributed by atoms with E-state index in [9.17, 15) is 0 Å². The fourth-order valence-electron chi connectivity index (χ4n) is 1.83. The number of nitrogens with two attached hydrogens (primary N) is 1. The number of hydrogen-bond donors (Lipinski definition) is 1. The Kier molecular flexibility index (Phi) is 2.86. The van der Waals surface area contributed by atoms with Crippen molar-refractivity contribution in [2.24, 2.45) is 0 Å². The summed E-state index contributed by atoms with van der Waals surface area (Å²) in [6.45, 7) is 0. The highest BCUT2D eigenvalue weighted by atomic mass is 16.3. The van der Waals surface area contributed by atoms with Crippen LogP contribution >= 0.6 is 0 Å². The fraction of sp³-hybridized carbons (Fsp3) is 0. The Balaban J connectivity index is 2.29. The third kappa shape index (κ3) is 1.97. The molecule has 20 heavy (non-hydrogen) atoms. The molecule has 0 amide bonds. The van der Waals surface area contributed by atoms with Crippen LogP contribution in [0.4, 0.5) is 5.82 Å². The van der Waals surface area contributed by atoms with Crippen molar-refractivity contribution < 1.29 is 4.42 Å². The zero-order valence-electron chi connectivity index (χ0n) is 10.3. The molecule has 6 heteroatoms.